The molecule has 0 amide bonds. The van der Waals surface area contributed by atoms with Crippen LogP contribution >= 0.6 is 0 Å². The van der Waals surface area contributed by atoms with Gasteiger partial charge >= 0.3 is 5.97 Å². The van der Waals surface area contributed by atoms with E-state index < -0.39 is 8.32 Å². The van der Waals surface area contributed by atoms with Crippen LogP contribution in [0.5, 0.6) is 0 Å². The molecule has 2 rings (SSSR count). The van der Waals surface area contributed by atoms with Gasteiger partial charge in [0, 0.05) is 24.7 Å². The molecule has 0 bridgehead atoms. The van der Waals surface area contributed by atoms with Crippen molar-refractivity contribution in [3.05, 3.63) is 12.2 Å². The highest BCUT2D eigenvalue weighted by atomic mass is 28.4. The lowest BCUT2D eigenvalue weighted by atomic mass is 9.91. The molecule has 2 aliphatic rings. The summed E-state index contributed by atoms with van der Waals surface area (Å²) in [5.74, 6) is 0.384. The smallest absolute Gasteiger partial charge is 0.306 e. The lowest BCUT2D eigenvalue weighted by Gasteiger charge is -2.34. The fourth-order valence-electron chi connectivity index (χ4n) is 4.46. The highest BCUT2D eigenvalue weighted by Crippen LogP contribution is 2.45. The number of carbonyl (C=O) groups excluding carboxylic acids is 2. The molecule has 4 nitrogen and oxygen atoms in total. The molecule has 1 heterocycles. The van der Waals surface area contributed by atoms with Gasteiger partial charge in [-0.2, -0.15) is 0 Å². The van der Waals surface area contributed by atoms with Crippen molar-refractivity contribution in [1.29, 1.82) is 0 Å². The van der Waals surface area contributed by atoms with Crippen LogP contribution in [0.25, 0.3) is 0 Å². The maximum atomic E-state index is 12.2. The Morgan fingerprint density at radius 3 is 2.50 bits per heavy atom. The second-order valence-electron chi connectivity index (χ2n) is 7.89. The van der Waals surface area contributed by atoms with Crippen LogP contribution in [-0.4, -0.2) is 32.3 Å². The first-order chi connectivity index (χ1) is 12.5. The van der Waals surface area contributed by atoms with E-state index in [0.29, 0.717) is 12.8 Å². The molecule has 1 aliphatic carbocycles. The third-order valence-corrected chi connectivity index (χ3v) is 11.1. The Bertz CT molecular complexity index is 504. The first-order valence-electron chi connectivity index (χ1n) is 10.6. The van der Waals surface area contributed by atoms with Gasteiger partial charge in [-0.05, 0) is 30.6 Å². The molecular formula is C21H36O4Si. The average Bonchev–Trinajstić information content (AvgIpc) is 3.13. The van der Waals surface area contributed by atoms with Gasteiger partial charge in [-0.15, -0.1) is 0 Å². The second-order valence-corrected chi connectivity index (χ2v) is 12.6. The van der Waals surface area contributed by atoms with Gasteiger partial charge in [0.15, 0.2) is 14.1 Å². The predicted octanol–water partition coefficient (Wildman–Crippen LogP) is 5.03. The van der Waals surface area contributed by atoms with Crippen LogP contribution in [0.15, 0.2) is 12.2 Å². The molecule has 0 aromatic rings. The van der Waals surface area contributed by atoms with E-state index in [1.165, 1.54) is 0 Å². The van der Waals surface area contributed by atoms with Crippen LogP contribution < -0.4 is 0 Å². The summed E-state index contributed by atoms with van der Waals surface area (Å²) in [6.07, 6.45) is 8.86. The number of esters is 1. The van der Waals surface area contributed by atoms with Gasteiger partial charge in [0.1, 0.15) is 6.10 Å². The SMILES string of the molecule is CCCCCC(=O)/C=C/[C@H]1[C@@H]2CC(=O)O[C@@H]2C[C@@H]1O[Si](CC)(CC)CC. The molecule has 1 saturated carbocycles. The molecule has 148 valence electrons. The number of fused-ring (bicyclic) bond motifs is 1. The van der Waals surface area contributed by atoms with Crippen LogP contribution in [0.2, 0.25) is 18.1 Å². The van der Waals surface area contributed by atoms with Gasteiger partial charge < -0.3 is 9.16 Å². The van der Waals surface area contributed by atoms with Crippen molar-refractivity contribution in [3.63, 3.8) is 0 Å². The highest BCUT2D eigenvalue weighted by molar-refractivity contribution is 6.73. The summed E-state index contributed by atoms with van der Waals surface area (Å²) in [5, 5.41) is 0. The Morgan fingerprint density at radius 1 is 1.19 bits per heavy atom. The van der Waals surface area contributed by atoms with E-state index in [1.54, 1.807) is 6.08 Å². The molecule has 5 heteroatoms. The Balaban J connectivity index is 2.09. The lowest BCUT2D eigenvalue weighted by molar-refractivity contribution is -0.141. The first kappa shape index (κ1) is 21.4. The minimum absolute atomic E-state index is 0.0328. The summed E-state index contributed by atoms with van der Waals surface area (Å²) in [6.45, 7) is 8.84. The first-order valence-corrected chi connectivity index (χ1v) is 13.1. The minimum atomic E-state index is -1.73. The molecule has 0 N–H and O–H groups in total. The topological polar surface area (TPSA) is 52.6 Å². The summed E-state index contributed by atoms with van der Waals surface area (Å²) in [5.41, 5.74) is 0. The molecule has 1 aliphatic heterocycles. The summed E-state index contributed by atoms with van der Waals surface area (Å²) < 4.78 is 12.3. The molecule has 0 aromatic carbocycles. The summed E-state index contributed by atoms with van der Waals surface area (Å²) in [6, 6.07) is 3.33. The van der Waals surface area contributed by atoms with Crippen molar-refractivity contribution in [3.8, 4) is 0 Å². The molecule has 0 radical (unpaired) electrons. The zero-order chi connectivity index (χ0) is 19.2. The number of unbranched alkanes of at least 4 members (excludes halogenated alkanes) is 2. The standard InChI is InChI=1S/C21H36O4Si/c1-5-9-10-11-16(22)12-13-17-18-14-21(23)24-19(18)15-20(17)25-26(6-2,7-3)8-4/h12-13,17-20H,5-11,14-15H2,1-4H3/b13-12+/t17-,18-,19+,20-/m0/s1. The van der Waals surface area contributed by atoms with Gasteiger partial charge in [0.05, 0.1) is 12.5 Å². The normalized spacial score (nSPS) is 28.5. The van der Waals surface area contributed by atoms with Crippen LogP contribution in [0.4, 0.5) is 0 Å². The van der Waals surface area contributed by atoms with Gasteiger partial charge in [-0.3, -0.25) is 9.59 Å². The van der Waals surface area contributed by atoms with Crippen LogP contribution in [0.1, 0.15) is 66.2 Å². The molecule has 0 aromatic heterocycles. The number of ketones is 1. The summed E-state index contributed by atoms with van der Waals surface area (Å²) in [4.78, 5) is 23.9. The quantitative estimate of drug-likeness (QED) is 0.218. The van der Waals surface area contributed by atoms with Crippen molar-refractivity contribution in [2.75, 3.05) is 0 Å². The average molecular weight is 381 g/mol. The predicted molar refractivity (Wildman–Crippen MR) is 106 cm³/mol. The van der Waals surface area contributed by atoms with E-state index in [2.05, 4.69) is 27.7 Å². The van der Waals surface area contributed by atoms with Gasteiger partial charge in [-0.1, -0.05) is 46.6 Å². The van der Waals surface area contributed by atoms with Crippen LogP contribution in [0.3, 0.4) is 0 Å². The van der Waals surface area contributed by atoms with E-state index in [-0.39, 0.29) is 35.8 Å². The summed E-state index contributed by atoms with van der Waals surface area (Å²) in [7, 11) is -1.73. The van der Waals surface area contributed by atoms with Crippen molar-refractivity contribution < 1.29 is 18.8 Å². The fourth-order valence-corrected chi connectivity index (χ4v) is 7.36. The molecular weight excluding hydrogens is 344 g/mol. The van der Waals surface area contributed by atoms with Crippen molar-refractivity contribution >= 4 is 20.1 Å². The van der Waals surface area contributed by atoms with E-state index >= 15 is 0 Å². The maximum absolute atomic E-state index is 12.2. The van der Waals surface area contributed by atoms with Gasteiger partial charge in [0.2, 0.25) is 0 Å². The molecule has 1 saturated heterocycles. The van der Waals surface area contributed by atoms with E-state index in [0.717, 1.165) is 43.8 Å². The number of hydrogen-bond acceptors (Lipinski definition) is 4. The van der Waals surface area contributed by atoms with Crippen molar-refractivity contribution in [2.45, 2.75) is 96.6 Å². The minimum Gasteiger partial charge on any atom is -0.462 e. The molecule has 2 fully saturated rings. The number of hydrogen-bond donors (Lipinski definition) is 0. The lowest BCUT2D eigenvalue weighted by Crippen LogP contribution is -2.41. The molecule has 0 spiro atoms. The monoisotopic (exact) mass is 380 g/mol. The van der Waals surface area contributed by atoms with Gasteiger partial charge in [0.25, 0.3) is 0 Å². The van der Waals surface area contributed by atoms with Crippen molar-refractivity contribution in [2.24, 2.45) is 11.8 Å². The fraction of sp³-hybridized carbons (Fsp3) is 0.810. The Morgan fingerprint density at radius 2 is 1.88 bits per heavy atom. The Hall–Kier alpha value is -0.943. The highest BCUT2D eigenvalue weighted by Gasteiger charge is 2.51. The number of ether oxygens (including phenoxy) is 1. The Kier molecular flexibility index (Phi) is 8.08. The van der Waals surface area contributed by atoms with Crippen LogP contribution in [-0.2, 0) is 18.8 Å². The molecule has 26 heavy (non-hydrogen) atoms. The third kappa shape index (κ3) is 5.07. The number of rotatable bonds is 11. The van der Waals surface area contributed by atoms with Gasteiger partial charge in [-0.25, -0.2) is 0 Å². The maximum Gasteiger partial charge on any atom is 0.306 e. The summed E-state index contributed by atoms with van der Waals surface area (Å²) >= 11 is 0. The molecule has 0 unspecified atom stereocenters. The Labute approximate surface area is 159 Å². The zero-order valence-electron chi connectivity index (χ0n) is 17.0. The van der Waals surface area contributed by atoms with E-state index in [1.807, 2.05) is 6.08 Å². The second kappa shape index (κ2) is 9.84. The van der Waals surface area contributed by atoms with E-state index in [9.17, 15) is 9.59 Å². The number of allylic oxidation sites excluding steroid dienone is 1. The molecule has 4 atom stereocenters. The third-order valence-electron chi connectivity index (χ3n) is 6.42. The van der Waals surface area contributed by atoms with E-state index in [4.69, 9.17) is 9.16 Å². The largest absolute Gasteiger partial charge is 0.462 e. The zero-order valence-corrected chi connectivity index (χ0v) is 18.0. The number of carbonyl (C=O) groups is 2. The van der Waals surface area contributed by atoms with Crippen molar-refractivity contribution in [1.82, 2.24) is 0 Å². The van der Waals surface area contributed by atoms with Crippen LogP contribution in [0, 0.1) is 11.8 Å².